The number of aryl methyl sites for hydroxylation is 1. The maximum Gasteiger partial charge on any atom is 0.326 e. The summed E-state index contributed by atoms with van der Waals surface area (Å²) < 4.78 is 0. The molecule has 1 heterocycles. The number of hydrogen-bond acceptors (Lipinski definition) is 5. The number of nitrogens with two attached hydrogens (primary N) is 1. The van der Waals surface area contributed by atoms with E-state index in [4.69, 9.17) is 5.73 Å². The highest BCUT2D eigenvalue weighted by Crippen LogP contribution is 2.20. The van der Waals surface area contributed by atoms with Crippen LogP contribution >= 0.6 is 0 Å². The Bertz CT molecular complexity index is 685. The van der Waals surface area contributed by atoms with Gasteiger partial charge in [0.05, 0.1) is 6.04 Å². The van der Waals surface area contributed by atoms with E-state index in [1.54, 1.807) is 0 Å². The highest BCUT2D eigenvalue weighted by Gasteiger charge is 2.38. The summed E-state index contributed by atoms with van der Waals surface area (Å²) in [6, 6.07) is 7.10. The third kappa shape index (κ3) is 7.40. The number of amides is 1. The number of nitrogens with zero attached hydrogens (tertiary/aromatic N) is 1. The van der Waals surface area contributed by atoms with Crippen molar-refractivity contribution in [2.45, 2.75) is 63.1 Å². The van der Waals surface area contributed by atoms with Crippen molar-refractivity contribution in [3.05, 3.63) is 35.9 Å². The third-order valence-corrected chi connectivity index (χ3v) is 5.33. The van der Waals surface area contributed by atoms with Gasteiger partial charge in [0.2, 0.25) is 5.91 Å². The zero-order chi connectivity index (χ0) is 21.2. The average molecular weight is 424 g/mol. The molecule has 0 aliphatic carbocycles. The Morgan fingerprint density at radius 3 is 2.40 bits per heavy atom. The van der Waals surface area contributed by atoms with Gasteiger partial charge in [-0.05, 0) is 50.6 Å². The largest absolute Gasteiger partial charge is 0.480 e. The zero-order valence-corrected chi connectivity index (χ0v) is 17.1. The molecule has 30 heavy (non-hydrogen) atoms. The number of carbonyl (C=O) groups excluding carboxylic acids is 1. The number of aliphatic carboxylic acids is 2. The summed E-state index contributed by atoms with van der Waals surface area (Å²) in [5.74, 6) is -2.37. The van der Waals surface area contributed by atoms with E-state index in [1.807, 2.05) is 30.3 Å². The molecule has 1 aliphatic rings. The Morgan fingerprint density at radius 2 is 1.80 bits per heavy atom. The second-order valence-electron chi connectivity index (χ2n) is 7.45. The van der Waals surface area contributed by atoms with Crippen LogP contribution in [0, 0.1) is 0 Å². The van der Waals surface area contributed by atoms with Gasteiger partial charge in [-0.25, -0.2) is 4.79 Å². The molecule has 2 rings (SSSR count). The number of benzene rings is 1. The van der Waals surface area contributed by atoms with Crippen molar-refractivity contribution >= 4 is 17.8 Å². The van der Waals surface area contributed by atoms with Gasteiger partial charge in [-0.1, -0.05) is 36.8 Å². The second kappa shape index (κ2) is 12.9. The molecule has 1 saturated heterocycles. The first kappa shape index (κ1) is 25.5. The molecule has 9 heteroatoms. The topological polar surface area (TPSA) is 164 Å². The molecule has 0 aromatic heterocycles. The predicted molar refractivity (Wildman–Crippen MR) is 112 cm³/mol. The molecule has 0 spiro atoms. The number of unbranched alkanes of at least 4 members (excludes halogenated alkanes) is 1. The molecule has 7 N–H and O–H groups in total. The van der Waals surface area contributed by atoms with Crippen molar-refractivity contribution in [3.63, 3.8) is 0 Å². The first-order chi connectivity index (χ1) is 13.9. The van der Waals surface area contributed by atoms with Gasteiger partial charge in [0, 0.05) is 6.54 Å². The zero-order valence-electron chi connectivity index (χ0n) is 17.1. The number of hydrogen-bond donors (Lipinski definition) is 4. The number of likely N-dealkylation sites (tertiary alicyclic amines) is 1. The lowest BCUT2D eigenvalue weighted by Gasteiger charge is -2.29. The summed E-state index contributed by atoms with van der Waals surface area (Å²) in [5.41, 5.74) is 6.57. The summed E-state index contributed by atoms with van der Waals surface area (Å²) in [7, 11) is 0. The van der Waals surface area contributed by atoms with Crippen LogP contribution < -0.4 is 11.1 Å². The number of carbonyl (C=O) groups is 3. The van der Waals surface area contributed by atoms with Crippen molar-refractivity contribution < 1.29 is 30.1 Å². The minimum Gasteiger partial charge on any atom is -0.480 e. The van der Waals surface area contributed by atoms with Gasteiger partial charge in [-0.15, -0.1) is 0 Å². The van der Waals surface area contributed by atoms with Gasteiger partial charge in [0.15, 0.2) is 0 Å². The van der Waals surface area contributed by atoms with Crippen molar-refractivity contribution in [1.29, 1.82) is 0 Å². The first-order valence-electron chi connectivity index (χ1n) is 10.2. The van der Waals surface area contributed by atoms with E-state index in [1.165, 1.54) is 4.90 Å². The summed E-state index contributed by atoms with van der Waals surface area (Å²) in [6.45, 7) is 0.866. The van der Waals surface area contributed by atoms with Crippen molar-refractivity contribution in [1.82, 2.24) is 10.2 Å². The van der Waals surface area contributed by atoms with E-state index in [0.29, 0.717) is 51.6 Å². The minimum absolute atomic E-state index is 0. The van der Waals surface area contributed by atoms with Crippen molar-refractivity contribution in [2.75, 3.05) is 13.1 Å². The van der Waals surface area contributed by atoms with Crippen molar-refractivity contribution in [3.8, 4) is 0 Å². The van der Waals surface area contributed by atoms with E-state index in [-0.39, 0.29) is 11.4 Å². The fourth-order valence-electron chi connectivity index (χ4n) is 3.73. The van der Waals surface area contributed by atoms with E-state index < -0.39 is 30.1 Å². The summed E-state index contributed by atoms with van der Waals surface area (Å²) in [5, 5.41) is 22.0. The molecule has 3 atom stereocenters. The molecule has 9 nitrogen and oxygen atoms in total. The van der Waals surface area contributed by atoms with Gasteiger partial charge in [-0.3, -0.25) is 14.9 Å². The van der Waals surface area contributed by atoms with E-state index >= 15 is 0 Å². The van der Waals surface area contributed by atoms with E-state index in [0.717, 1.165) is 12.0 Å². The van der Waals surface area contributed by atoms with Gasteiger partial charge < -0.3 is 26.3 Å². The van der Waals surface area contributed by atoms with Crippen LogP contribution in [0.15, 0.2) is 30.3 Å². The molecule has 0 saturated carbocycles. The number of carboxylic acids is 2. The second-order valence-corrected chi connectivity index (χ2v) is 7.45. The average Bonchev–Trinajstić information content (AvgIpc) is 3.20. The Hall–Kier alpha value is -2.49. The molecule has 1 amide bonds. The third-order valence-electron chi connectivity index (χ3n) is 5.33. The lowest BCUT2D eigenvalue weighted by molar-refractivity contribution is -0.149. The Kier molecular flexibility index (Phi) is 11.0. The van der Waals surface area contributed by atoms with Crippen LogP contribution in [0.5, 0.6) is 0 Å². The Balaban J connectivity index is 0.00000450. The Morgan fingerprint density at radius 1 is 1.10 bits per heavy atom. The minimum atomic E-state index is -1.02. The molecule has 1 aromatic carbocycles. The van der Waals surface area contributed by atoms with Crippen LogP contribution in [0.3, 0.4) is 0 Å². The molecule has 1 aromatic rings. The maximum atomic E-state index is 13.1. The number of rotatable bonds is 12. The maximum absolute atomic E-state index is 13.1. The summed E-state index contributed by atoms with van der Waals surface area (Å²) in [4.78, 5) is 37.7. The quantitative estimate of drug-likeness (QED) is 0.353. The van der Waals surface area contributed by atoms with Crippen LogP contribution in [0.4, 0.5) is 0 Å². The van der Waals surface area contributed by atoms with Gasteiger partial charge in [0.25, 0.3) is 0 Å². The molecular formula is C21H33N3O6. The van der Waals surface area contributed by atoms with E-state index in [2.05, 4.69) is 5.32 Å². The SMILES string of the molecule is NCCCC[C@@H](NC(CCc1ccccc1)C(=O)O)C(=O)N1CCC[C@@H]1C(=O)O.O. The summed E-state index contributed by atoms with van der Waals surface area (Å²) >= 11 is 0. The van der Waals surface area contributed by atoms with Crippen molar-refractivity contribution in [2.24, 2.45) is 5.73 Å². The lowest BCUT2D eigenvalue weighted by Crippen LogP contribution is -2.54. The first-order valence-corrected chi connectivity index (χ1v) is 10.2. The standard InChI is InChI=1S/C21H31N3O5.H2O/c22-13-5-4-9-16(19(25)24-14-6-10-18(24)21(28)29)23-17(20(26)27)12-11-15-7-2-1-3-8-15;/h1-3,7-8,16-18,23H,4-6,9-14,22H2,(H,26,27)(H,28,29);1H2/t16-,17?,18-;/m1./s1. The molecule has 1 unspecified atom stereocenters. The molecule has 0 radical (unpaired) electrons. The van der Waals surface area contributed by atoms with E-state index in [9.17, 15) is 24.6 Å². The highest BCUT2D eigenvalue weighted by atomic mass is 16.4. The van der Waals surface area contributed by atoms with Crippen LogP contribution in [0.1, 0.15) is 44.1 Å². The fourth-order valence-corrected chi connectivity index (χ4v) is 3.73. The highest BCUT2D eigenvalue weighted by molar-refractivity contribution is 5.88. The summed E-state index contributed by atoms with van der Waals surface area (Å²) in [6.07, 6.45) is 3.76. The Labute approximate surface area is 176 Å². The monoisotopic (exact) mass is 423 g/mol. The van der Waals surface area contributed by atoms with Gasteiger partial charge in [0.1, 0.15) is 12.1 Å². The smallest absolute Gasteiger partial charge is 0.326 e. The molecule has 0 bridgehead atoms. The number of nitrogens with one attached hydrogen (secondary N) is 1. The van der Waals surface area contributed by atoms with Gasteiger partial charge >= 0.3 is 11.9 Å². The number of carboxylic acid groups (broad SMARTS) is 2. The predicted octanol–water partition coefficient (Wildman–Crippen LogP) is 0.411. The van der Waals surface area contributed by atoms with Gasteiger partial charge in [-0.2, -0.15) is 0 Å². The molecule has 1 aliphatic heterocycles. The lowest BCUT2D eigenvalue weighted by atomic mass is 10.0. The molecular weight excluding hydrogens is 390 g/mol. The van der Waals surface area contributed by atoms with Crippen LogP contribution in [0.25, 0.3) is 0 Å². The van der Waals surface area contributed by atoms with Crippen LogP contribution in [-0.2, 0) is 20.8 Å². The van der Waals surface area contributed by atoms with Crippen LogP contribution in [0.2, 0.25) is 0 Å². The van der Waals surface area contributed by atoms with Crippen LogP contribution in [-0.4, -0.2) is 69.6 Å². The molecule has 168 valence electrons. The molecule has 1 fully saturated rings. The normalized spacial score (nSPS) is 17.8. The fraction of sp³-hybridized carbons (Fsp3) is 0.571.